The molecule has 9 heteroatoms. The van der Waals surface area contributed by atoms with Crippen molar-refractivity contribution in [3.63, 3.8) is 0 Å². The number of imide groups is 1. The second-order valence-electron chi connectivity index (χ2n) is 11.0. The summed E-state index contributed by atoms with van der Waals surface area (Å²) in [6, 6.07) is 15.5. The maximum atomic E-state index is 13.7. The van der Waals surface area contributed by atoms with Gasteiger partial charge in [-0.1, -0.05) is 36.4 Å². The number of carbonyl (C=O) groups excluding carboxylic acids is 4. The number of nitrogens with zero attached hydrogens (tertiary/aromatic N) is 3. The van der Waals surface area contributed by atoms with Crippen LogP contribution in [0.2, 0.25) is 0 Å². The maximum absolute atomic E-state index is 13.7. The van der Waals surface area contributed by atoms with Crippen molar-refractivity contribution >= 4 is 29.5 Å². The third kappa shape index (κ3) is 4.10. The standard InChI is InChI=1S/C29H32N4O5/c1-18(20-7-8-20)32(14-19-5-3-2-4-6-19)25(34)17-33-27(36)29(38-28(33)37)12-11-21-13-23(9-10-24(21)29)31-15-22(16-31)26(30)35/h2-6,9-10,13,18,20,22H,7-8,11-12,14-17H2,1H3,(H2,30,35)/t18-,29?/m0/s1. The first-order valence-corrected chi connectivity index (χ1v) is 13.3. The van der Waals surface area contributed by atoms with E-state index in [9.17, 15) is 19.2 Å². The van der Waals surface area contributed by atoms with Crippen LogP contribution in [0.25, 0.3) is 0 Å². The van der Waals surface area contributed by atoms with E-state index >= 15 is 0 Å². The third-order valence-corrected chi connectivity index (χ3v) is 8.60. The quantitative estimate of drug-likeness (QED) is 0.577. The zero-order chi connectivity index (χ0) is 26.6. The molecule has 9 nitrogen and oxygen atoms in total. The first kappa shape index (κ1) is 24.5. The van der Waals surface area contributed by atoms with Gasteiger partial charge in [0.05, 0.1) is 5.92 Å². The molecule has 0 aromatic heterocycles. The highest BCUT2D eigenvalue weighted by atomic mass is 16.6. The van der Waals surface area contributed by atoms with E-state index in [2.05, 4.69) is 4.90 Å². The van der Waals surface area contributed by atoms with E-state index in [0.29, 0.717) is 44.0 Å². The average molecular weight is 517 g/mol. The van der Waals surface area contributed by atoms with Crippen molar-refractivity contribution in [2.75, 3.05) is 24.5 Å². The Kier molecular flexibility index (Phi) is 5.89. The number of aryl methyl sites for hydroxylation is 1. The van der Waals surface area contributed by atoms with E-state index in [1.165, 1.54) is 0 Å². The van der Waals surface area contributed by atoms with Gasteiger partial charge in [0.15, 0.2) is 0 Å². The van der Waals surface area contributed by atoms with Crippen LogP contribution in [0.3, 0.4) is 0 Å². The number of rotatable bonds is 8. The number of primary amides is 1. The van der Waals surface area contributed by atoms with Gasteiger partial charge >= 0.3 is 6.09 Å². The minimum atomic E-state index is -1.39. The van der Waals surface area contributed by atoms with Gasteiger partial charge < -0.3 is 20.3 Å². The molecule has 198 valence electrons. The molecule has 2 N–H and O–H groups in total. The number of nitrogens with two attached hydrogens (primary N) is 1. The van der Waals surface area contributed by atoms with E-state index in [0.717, 1.165) is 34.6 Å². The zero-order valence-electron chi connectivity index (χ0n) is 21.5. The van der Waals surface area contributed by atoms with Gasteiger partial charge in [-0.15, -0.1) is 0 Å². The van der Waals surface area contributed by atoms with Crippen LogP contribution in [0.15, 0.2) is 48.5 Å². The molecule has 38 heavy (non-hydrogen) atoms. The summed E-state index contributed by atoms with van der Waals surface area (Å²) in [5.74, 6) is -0.740. The summed E-state index contributed by atoms with van der Waals surface area (Å²) in [4.78, 5) is 56.4. The van der Waals surface area contributed by atoms with Crippen LogP contribution in [0.5, 0.6) is 0 Å². The van der Waals surface area contributed by atoms with Crippen molar-refractivity contribution in [3.8, 4) is 0 Å². The second-order valence-corrected chi connectivity index (χ2v) is 11.0. The molecule has 4 aliphatic rings. The Morgan fingerprint density at radius 1 is 1.13 bits per heavy atom. The predicted octanol–water partition coefficient (Wildman–Crippen LogP) is 2.56. The Hall–Kier alpha value is -3.88. The number of ether oxygens (including phenoxy) is 1. The molecular formula is C29H32N4O5. The molecule has 3 fully saturated rings. The highest BCUT2D eigenvalue weighted by molar-refractivity contribution is 6.06. The predicted molar refractivity (Wildman–Crippen MR) is 139 cm³/mol. The molecule has 6 rings (SSSR count). The van der Waals surface area contributed by atoms with Crippen LogP contribution in [-0.4, -0.2) is 59.3 Å². The maximum Gasteiger partial charge on any atom is 0.418 e. The van der Waals surface area contributed by atoms with Gasteiger partial charge in [0, 0.05) is 43.3 Å². The molecule has 2 heterocycles. The average Bonchev–Trinajstić information content (AvgIpc) is 3.62. The largest absolute Gasteiger partial charge is 0.427 e. The molecule has 1 saturated carbocycles. The number of carbonyl (C=O) groups is 4. The Morgan fingerprint density at radius 2 is 1.87 bits per heavy atom. The van der Waals surface area contributed by atoms with E-state index in [1.54, 1.807) is 4.90 Å². The summed E-state index contributed by atoms with van der Waals surface area (Å²) in [6.07, 6.45) is 2.30. The van der Waals surface area contributed by atoms with Crippen molar-refractivity contribution in [1.29, 1.82) is 0 Å². The normalized spacial score (nSPS) is 23.3. The topological polar surface area (TPSA) is 113 Å². The lowest BCUT2D eigenvalue weighted by Crippen LogP contribution is -2.52. The Morgan fingerprint density at radius 3 is 2.55 bits per heavy atom. The van der Waals surface area contributed by atoms with E-state index in [4.69, 9.17) is 10.5 Å². The fraction of sp³-hybridized carbons (Fsp3) is 0.448. The molecule has 2 aromatic rings. The number of fused-ring (bicyclic) bond motifs is 2. The van der Waals surface area contributed by atoms with Crippen molar-refractivity contribution in [3.05, 3.63) is 65.2 Å². The lowest BCUT2D eigenvalue weighted by molar-refractivity contribution is -0.143. The van der Waals surface area contributed by atoms with E-state index in [1.807, 2.05) is 55.5 Å². The minimum Gasteiger partial charge on any atom is -0.427 e. The summed E-state index contributed by atoms with van der Waals surface area (Å²) in [6.45, 7) is 3.28. The fourth-order valence-electron chi connectivity index (χ4n) is 6.00. The van der Waals surface area contributed by atoms with E-state index < -0.39 is 17.6 Å². The summed E-state index contributed by atoms with van der Waals surface area (Å²) >= 11 is 0. The fourth-order valence-corrected chi connectivity index (χ4v) is 6.00. The van der Waals surface area contributed by atoms with Crippen LogP contribution in [0, 0.1) is 11.8 Å². The highest BCUT2D eigenvalue weighted by Gasteiger charge is 2.58. The van der Waals surface area contributed by atoms with Crippen LogP contribution < -0.4 is 10.6 Å². The first-order valence-electron chi connectivity index (χ1n) is 13.3. The van der Waals surface area contributed by atoms with Crippen molar-refractivity contribution < 1.29 is 23.9 Å². The Balaban J connectivity index is 1.19. The molecule has 2 aromatic carbocycles. The van der Waals surface area contributed by atoms with Crippen LogP contribution in [0.4, 0.5) is 10.5 Å². The van der Waals surface area contributed by atoms with Gasteiger partial charge in [0.25, 0.3) is 5.91 Å². The van der Waals surface area contributed by atoms with Gasteiger partial charge in [-0.2, -0.15) is 0 Å². The number of hydrogen-bond acceptors (Lipinski definition) is 6. The van der Waals surface area contributed by atoms with Crippen LogP contribution >= 0.6 is 0 Å². The number of hydrogen-bond donors (Lipinski definition) is 1. The summed E-state index contributed by atoms with van der Waals surface area (Å²) in [5.41, 5.74) is 7.57. The number of benzene rings is 2. The lowest BCUT2D eigenvalue weighted by Gasteiger charge is -2.39. The molecular weight excluding hydrogens is 484 g/mol. The summed E-state index contributed by atoms with van der Waals surface area (Å²) in [5, 5.41) is 0. The van der Waals surface area contributed by atoms with Crippen LogP contribution in [-0.2, 0) is 37.7 Å². The molecule has 0 bridgehead atoms. The summed E-state index contributed by atoms with van der Waals surface area (Å²) in [7, 11) is 0. The highest BCUT2D eigenvalue weighted by Crippen LogP contribution is 2.46. The molecule has 2 saturated heterocycles. The van der Waals surface area contributed by atoms with E-state index in [-0.39, 0.29) is 30.3 Å². The molecule has 1 unspecified atom stereocenters. The second kappa shape index (κ2) is 9.15. The number of amides is 4. The SMILES string of the molecule is C[C@@H](C1CC1)N(Cc1ccccc1)C(=O)CN1C(=O)OC2(CCc3cc(N4CC(C(N)=O)C4)ccc32)C1=O. The van der Waals surface area contributed by atoms with Crippen molar-refractivity contribution in [1.82, 2.24) is 9.80 Å². The zero-order valence-corrected chi connectivity index (χ0v) is 21.5. The molecule has 0 radical (unpaired) electrons. The molecule has 2 atom stereocenters. The van der Waals surface area contributed by atoms with Crippen molar-refractivity contribution in [2.45, 2.75) is 50.8 Å². The Bertz CT molecular complexity index is 1300. The van der Waals surface area contributed by atoms with Gasteiger partial charge in [-0.3, -0.25) is 14.4 Å². The van der Waals surface area contributed by atoms with Gasteiger partial charge in [0.1, 0.15) is 6.54 Å². The molecule has 1 spiro atoms. The summed E-state index contributed by atoms with van der Waals surface area (Å²) < 4.78 is 5.76. The number of anilines is 1. The molecule has 4 amide bonds. The minimum absolute atomic E-state index is 0.0201. The molecule has 2 aliphatic heterocycles. The van der Waals surface area contributed by atoms with Crippen LogP contribution in [0.1, 0.15) is 42.9 Å². The van der Waals surface area contributed by atoms with Gasteiger partial charge in [0.2, 0.25) is 17.4 Å². The first-order chi connectivity index (χ1) is 18.3. The Labute approximate surface area is 221 Å². The van der Waals surface area contributed by atoms with Crippen molar-refractivity contribution in [2.24, 2.45) is 17.6 Å². The monoisotopic (exact) mass is 516 g/mol. The molecule has 2 aliphatic carbocycles. The van der Waals surface area contributed by atoms with Gasteiger partial charge in [-0.05, 0) is 55.4 Å². The smallest absolute Gasteiger partial charge is 0.418 e. The third-order valence-electron chi connectivity index (χ3n) is 8.60. The lowest BCUT2D eigenvalue weighted by atomic mass is 9.93. The van der Waals surface area contributed by atoms with Gasteiger partial charge in [-0.25, -0.2) is 9.69 Å².